The Labute approximate surface area is 466 Å². The molecule has 0 saturated heterocycles. The van der Waals surface area contributed by atoms with E-state index in [0.717, 1.165) is 9.79 Å². The van der Waals surface area contributed by atoms with E-state index in [4.69, 9.17) is 0 Å². The maximum atomic E-state index is 4.41. The van der Waals surface area contributed by atoms with Crippen molar-refractivity contribution in [3.05, 3.63) is 328 Å². The smallest absolute Gasteiger partial charge is 0.0355 e. The third kappa shape index (κ3) is 14.5. The number of benzene rings is 12. The van der Waals surface area contributed by atoms with Crippen molar-refractivity contribution in [1.82, 2.24) is 0 Å². The fourth-order valence-corrected chi connectivity index (χ4v) is 11.3. The van der Waals surface area contributed by atoms with Crippen molar-refractivity contribution in [2.75, 3.05) is 0 Å². The van der Waals surface area contributed by atoms with Gasteiger partial charge in [0.2, 0.25) is 0 Å². The number of fused-ring (bicyclic) bond motifs is 6. The molecule has 0 aliphatic heterocycles. The zero-order chi connectivity index (χ0) is 52.0. The fraction of sp³-hybridized carbons (Fsp3) is 0. The van der Waals surface area contributed by atoms with E-state index < -0.39 is 0 Å². The zero-order valence-corrected chi connectivity index (χ0v) is 45.3. The van der Waals surface area contributed by atoms with Crippen LogP contribution < -0.4 is 0 Å². The van der Waals surface area contributed by atoms with Crippen molar-refractivity contribution >= 4 is 88.3 Å². The highest BCUT2D eigenvalue weighted by Crippen LogP contribution is 2.34. The third-order valence-corrected chi connectivity index (χ3v) is 15.4. The molecule has 0 aliphatic rings. The zero-order valence-electron chi connectivity index (χ0n) is 41.9. The molecule has 0 amide bonds. The summed E-state index contributed by atoms with van der Waals surface area (Å²) in [7, 11) is 0. The van der Waals surface area contributed by atoms with Gasteiger partial charge < -0.3 is 0 Å². The second-order valence-electron chi connectivity index (χ2n) is 17.4. The summed E-state index contributed by atoms with van der Waals surface area (Å²) in [5, 5.41) is 5.51. The molecule has 0 aliphatic carbocycles. The van der Waals surface area contributed by atoms with E-state index in [0.29, 0.717) is 0 Å². The summed E-state index contributed by atoms with van der Waals surface area (Å²) in [6.45, 7) is 0. The molecule has 0 spiro atoms. The van der Waals surface area contributed by atoms with Crippen molar-refractivity contribution in [3.63, 3.8) is 0 Å². The molecule has 12 aromatic carbocycles. The number of thiophene rings is 2. The Kier molecular flexibility index (Phi) is 19.3. The normalized spacial score (nSPS) is 10.2. The Morgan fingerprint density at radius 1 is 0.171 bits per heavy atom. The van der Waals surface area contributed by atoms with Crippen molar-refractivity contribution < 1.29 is 0 Å². The second-order valence-corrected chi connectivity index (χ2v) is 20.6. The van der Waals surface area contributed by atoms with Crippen LogP contribution in [-0.4, -0.2) is 0 Å². The molecule has 2 aromatic heterocycles. The van der Waals surface area contributed by atoms with Gasteiger partial charge in [0.1, 0.15) is 0 Å². The molecule has 14 rings (SSSR count). The lowest BCUT2D eigenvalue weighted by molar-refractivity contribution is 1.46. The van der Waals surface area contributed by atoms with Crippen LogP contribution in [-0.2, 0) is 0 Å². The lowest BCUT2D eigenvalue weighted by atomic mass is 10.1. The van der Waals surface area contributed by atoms with Gasteiger partial charge in [-0.15, -0.1) is 47.9 Å². The summed E-state index contributed by atoms with van der Waals surface area (Å²) in [6.07, 6.45) is 0. The van der Waals surface area contributed by atoms with Gasteiger partial charge in [-0.1, -0.05) is 291 Å². The molecule has 4 heteroatoms. The van der Waals surface area contributed by atoms with Crippen LogP contribution in [0.1, 0.15) is 0 Å². The van der Waals surface area contributed by atoms with Crippen molar-refractivity contribution in [3.8, 4) is 44.5 Å². The Hall–Kier alpha value is -8.22. The predicted octanol–water partition coefficient (Wildman–Crippen LogP) is 22.1. The van der Waals surface area contributed by atoms with Crippen LogP contribution in [0, 0.1) is 0 Å². The van der Waals surface area contributed by atoms with Crippen LogP contribution in [0.4, 0.5) is 0 Å². The summed E-state index contributed by atoms with van der Waals surface area (Å²) in [5.41, 5.74) is 9.91. The molecule has 76 heavy (non-hydrogen) atoms. The van der Waals surface area contributed by atoms with Crippen molar-refractivity contribution in [2.45, 2.75) is 9.79 Å². The summed E-state index contributed by atoms with van der Waals surface area (Å²) >= 11 is 12.5. The molecule has 2 heterocycles. The van der Waals surface area contributed by atoms with Crippen LogP contribution in [0.25, 0.3) is 84.9 Å². The highest BCUT2D eigenvalue weighted by molar-refractivity contribution is 7.80. The summed E-state index contributed by atoms with van der Waals surface area (Å²) in [4.78, 5) is 2.04. The molecule has 0 radical (unpaired) electrons. The molecule has 0 saturated carbocycles. The van der Waals surface area contributed by atoms with Gasteiger partial charge in [0, 0.05) is 50.1 Å². The van der Waals surface area contributed by atoms with E-state index in [-0.39, 0.29) is 0 Å². The van der Waals surface area contributed by atoms with Crippen LogP contribution >= 0.6 is 47.9 Å². The quantitative estimate of drug-likeness (QED) is 0.161. The SMILES string of the molecule is Sc1ccccc1-c1ccccc1.Sc1ccccc1-c1ccccc1.c1ccc(-c2ccccc2)cc1.c1ccc(-c2ccccc2)cc1.c1ccc2c(c1)sc1ccccc12.c1ccc2c(c1)sc1ccccc12. The first-order chi connectivity index (χ1) is 37.6. The van der Waals surface area contributed by atoms with Crippen LogP contribution in [0.3, 0.4) is 0 Å². The van der Waals surface area contributed by atoms with Crippen LogP contribution in [0.5, 0.6) is 0 Å². The van der Waals surface area contributed by atoms with E-state index in [9.17, 15) is 0 Å². The minimum Gasteiger partial charge on any atom is -0.143 e. The second kappa shape index (κ2) is 27.9. The van der Waals surface area contributed by atoms with E-state index in [1.54, 1.807) is 0 Å². The highest BCUT2D eigenvalue weighted by atomic mass is 32.1. The predicted molar refractivity (Wildman–Crippen MR) is 341 cm³/mol. The summed E-state index contributed by atoms with van der Waals surface area (Å²) < 4.78 is 5.51. The molecule has 0 nitrogen and oxygen atoms in total. The van der Waals surface area contributed by atoms with Gasteiger partial charge >= 0.3 is 0 Å². The molecule has 0 unspecified atom stereocenters. The number of hydrogen-bond donors (Lipinski definition) is 2. The van der Waals surface area contributed by atoms with Gasteiger partial charge in [-0.25, -0.2) is 0 Å². The molecule has 0 N–H and O–H groups in total. The number of hydrogen-bond acceptors (Lipinski definition) is 4. The van der Waals surface area contributed by atoms with Gasteiger partial charge in [-0.05, 0) is 80.9 Å². The lowest BCUT2D eigenvalue weighted by Crippen LogP contribution is -1.77. The first-order valence-electron chi connectivity index (χ1n) is 25.2. The topological polar surface area (TPSA) is 0 Å². The van der Waals surface area contributed by atoms with Gasteiger partial charge in [0.15, 0.2) is 0 Å². The van der Waals surface area contributed by atoms with Gasteiger partial charge in [0.05, 0.1) is 0 Å². The molecule has 0 bridgehead atoms. The molecule has 0 fully saturated rings. The third-order valence-electron chi connectivity index (χ3n) is 12.3. The summed E-state index contributed by atoms with van der Waals surface area (Å²) in [5.74, 6) is 0. The standard InChI is InChI=1S/2C12H8S.2C12H10S.2C12H10/c2*1-3-7-11-9(5-1)10-6-2-4-8-12(10)13-11;2*13-12-9-5-4-8-11(12)10-6-2-1-3-7-10;2*1-3-7-11(8-4-1)12-9-5-2-6-10-12/h2*1-8H;2*1-9,13H;2*1-10H. The monoisotopic (exact) mass is 1050 g/mol. The van der Waals surface area contributed by atoms with Crippen molar-refractivity contribution in [2.24, 2.45) is 0 Å². The van der Waals surface area contributed by atoms with Gasteiger partial charge in [-0.2, -0.15) is 0 Å². The Morgan fingerprint density at radius 3 is 0.592 bits per heavy atom. The van der Waals surface area contributed by atoms with Crippen LogP contribution in [0.2, 0.25) is 0 Å². The maximum absolute atomic E-state index is 4.41. The van der Waals surface area contributed by atoms with E-state index in [2.05, 4.69) is 256 Å². The molecular formula is C72H56S4. The maximum Gasteiger partial charge on any atom is 0.0355 e. The minimum absolute atomic E-state index is 1.02. The van der Waals surface area contributed by atoms with Crippen molar-refractivity contribution in [1.29, 1.82) is 0 Å². The van der Waals surface area contributed by atoms with Gasteiger partial charge in [-0.3, -0.25) is 0 Å². The molecular weight excluding hydrogens is 993 g/mol. The largest absolute Gasteiger partial charge is 0.143 e. The average Bonchev–Trinajstić information content (AvgIpc) is 4.09. The lowest BCUT2D eigenvalue weighted by Gasteiger charge is -2.03. The Bertz CT molecular complexity index is 3490. The van der Waals surface area contributed by atoms with E-state index >= 15 is 0 Å². The van der Waals surface area contributed by atoms with E-state index in [1.165, 1.54) is 84.9 Å². The van der Waals surface area contributed by atoms with Crippen LogP contribution in [0.15, 0.2) is 337 Å². The first-order valence-corrected chi connectivity index (χ1v) is 27.7. The minimum atomic E-state index is 1.02. The van der Waals surface area contributed by atoms with Gasteiger partial charge in [0.25, 0.3) is 0 Å². The molecule has 368 valence electrons. The molecule has 0 atom stereocenters. The summed E-state index contributed by atoms with van der Waals surface area (Å²) in [6, 6.07) is 113. The Morgan fingerprint density at radius 2 is 0.355 bits per heavy atom. The first kappa shape index (κ1) is 52.6. The number of thiol groups is 2. The molecule has 14 aromatic rings. The highest BCUT2D eigenvalue weighted by Gasteiger charge is 2.04. The number of rotatable bonds is 4. The van der Waals surface area contributed by atoms with E-state index in [1.807, 2.05) is 120 Å². The Balaban J connectivity index is 0.000000111. The fourth-order valence-electron chi connectivity index (χ4n) is 8.54. The average molecular weight is 1050 g/mol.